The molecule has 8 nitrogen and oxygen atoms in total. The van der Waals surface area contributed by atoms with Crippen LogP contribution in [-0.4, -0.2) is 66.0 Å². The summed E-state index contributed by atoms with van der Waals surface area (Å²) in [4.78, 5) is 31.2. The number of hydrogen-bond acceptors (Lipinski definition) is 5. The number of pyridine rings is 1. The fourth-order valence-electron chi connectivity index (χ4n) is 4.05. The molecule has 1 fully saturated rings. The number of benzene rings is 1. The smallest absolute Gasteiger partial charge is 0.475 e. The lowest BCUT2D eigenvalue weighted by atomic mass is 10.1. The highest BCUT2D eigenvalue weighted by molar-refractivity contribution is 5.97. The number of alkyl halides is 3. The van der Waals surface area contributed by atoms with Crippen LogP contribution in [0.15, 0.2) is 48.7 Å². The molecule has 2 aliphatic heterocycles. The van der Waals surface area contributed by atoms with E-state index in [9.17, 15) is 18.0 Å². The van der Waals surface area contributed by atoms with E-state index in [-0.39, 0.29) is 5.91 Å². The number of hydrogen-bond donors (Lipinski definition) is 3. The molecule has 4 heterocycles. The predicted octanol–water partition coefficient (Wildman–Crippen LogP) is 4.00. The van der Waals surface area contributed by atoms with Crippen LogP contribution in [0.25, 0.3) is 23.4 Å². The molecule has 2 aliphatic rings. The number of ether oxygens (including phenoxy) is 1. The number of nitrogens with zero attached hydrogens (tertiary/aromatic N) is 2. The van der Waals surface area contributed by atoms with Crippen molar-refractivity contribution in [3.05, 3.63) is 71.2 Å². The van der Waals surface area contributed by atoms with Gasteiger partial charge in [-0.1, -0.05) is 24.3 Å². The number of morpholine rings is 1. The normalized spacial score (nSPS) is 15.5. The van der Waals surface area contributed by atoms with Crippen molar-refractivity contribution in [2.45, 2.75) is 12.6 Å². The number of carboxylic acid groups (broad SMARTS) is 1. The van der Waals surface area contributed by atoms with E-state index in [1.54, 1.807) is 0 Å². The minimum atomic E-state index is -5.08. The van der Waals surface area contributed by atoms with E-state index in [0.717, 1.165) is 60.9 Å². The Bertz CT molecular complexity index is 1300. The molecule has 37 heavy (non-hydrogen) atoms. The number of aliphatic carboxylic acids is 1. The molecule has 0 radical (unpaired) electrons. The van der Waals surface area contributed by atoms with Gasteiger partial charge in [0, 0.05) is 54.9 Å². The third-order valence-corrected chi connectivity index (χ3v) is 5.86. The Kier molecular flexibility index (Phi) is 7.92. The summed E-state index contributed by atoms with van der Waals surface area (Å²) in [5.41, 5.74) is 6.97. The monoisotopic (exact) mass is 514 g/mol. The first-order valence-electron chi connectivity index (χ1n) is 11.6. The Balaban J connectivity index is 0.000000405. The molecule has 0 aliphatic carbocycles. The molecular weight excluding hydrogens is 489 g/mol. The van der Waals surface area contributed by atoms with Crippen molar-refractivity contribution in [3.8, 4) is 11.3 Å². The molecule has 2 aromatic heterocycles. The lowest BCUT2D eigenvalue weighted by molar-refractivity contribution is -0.192. The topological polar surface area (TPSA) is 108 Å². The molecule has 194 valence electrons. The number of carboxylic acids is 1. The Labute approximate surface area is 210 Å². The maximum Gasteiger partial charge on any atom is 0.490 e. The molecule has 3 aromatic rings. The Morgan fingerprint density at radius 3 is 2.54 bits per heavy atom. The predicted molar refractivity (Wildman–Crippen MR) is 132 cm³/mol. The molecule has 1 saturated heterocycles. The van der Waals surface area contributed by atoms with Crippen LogP contribution in [0.4, 0.5) is 18.9 Å². The third kappa shape index (κ3) is 6.56. The van der Waals surface area contributed by atoms with Gasteiger partial charge in [0.05, 0.1) is 24.5 Å². The number of aromatic nitrogens is 2. The zero-order valence-corrected chi connectivity index (χ0v) is 19.7. The van der Waals surface area contributed by atoms with Crippen LogP contribution in [0.1, 0.15) is 27.3 Å². The maximum absolute atomic E-state index is 12.1. The molecule has 0 atom stereocenters. The summed E-state index contributed by atoms with van der Waals surface area (Å²) in [5, 5.41) is 10.0. The van der Waals surface area contributed by atoms with Gasteiger partial charge in [-0.15, -0.1) is 0 Å². The van der Waals surface area contributed by atoms with E-state index in [1.807, 2.05) is 30.5 Å². The Morgan fingerprint density at radius 2 is 1.84 bits per heavy atom. The highest BCUT2D eigenvalue weighted by Crippen LogP contribution is 2.26. The summed E-state index contributed by atoms with van der Waals surface area (Å²) in [6.07, 6.45) is 1.71. The quantitative estimate of drug-likeness (QED) is 0.486. The van der Waals surface area contributed by atoms with Gasteiger partial charge < -0.3 is 25.0 Å². The van der Waals surface area contributed by atoms with Crippen molar-refractivity contribution >= 4 is 29.7 Å². The lowest BCUT2D eigenvalue weighted by Crippen LogP contribution is -2.36. The minimum absolute atomic E-state index is 0.00681. The first-order valence-corrected chi connectivity index (χ1v) is 11.6. The molecule has 1 amide bonds. The molecule has 5 rings (SSSR count). The number of carbonyl (C=O) groups is 2. The van der Waals surface area contributed by atoms with Crippen LogP contribution in [0.5, 0.6) is 0 Å². The van der Waals surface area contributed by atoms with Crippen LogP contribution < -0.4 is 10.2 Å². The number of nitrogens with one attached hydrogen (secondary N) is 2. The lowest BCUT2D eigenvalue weighted by Gasteiger charge is -2.30. The minimum Gasteiger partial charge on any atom is -0.475 e. The van der Waals surface area contributed by atoms with Crippen LogP contribution in [-0.2, 0) is 16.0 Å². The van der Waals surface area contributed by atoms with E-state index in [1.165, 1.54) is 11.3 Å². The number of carbonyl (C=O) groups excluding carboxylic acids is 1. The van der Waals surface area contributed by atoms with Gasteiger partial charge in [-0.3, -0.25) is 9.78 Å². The number of para-hydroxylation sites is 1. The van der Waals surface area contributed by atoms with Crippen molar-refractivity contribution in [2.75, 3.05) is 37.7 Å². The van der Waals surface area contributed by atoms with E-state index in [0.29, 0.717) is 6.54 Å². The molecule has 3 N–H and O–H groups in total. The summed E-state index contributed by atoms with van der Waals surface area (Å²) in [7, 11) is 0. The van der Waals surface area contributed by atoms with Gasteiger partial charge in [-0.25, -0.2) is 4.79 Å². The average Bonchev–Trinajstić information content (AvgIpc) is 3.34. The largest absolute Gasteiger partial charge is 0.490 e. The second-order valence-electron chi connectivity index (χ2n) is 8.35. The number of rotatable bonds is 4. The standard InChI is InChI=1S/C24H24N4O2.C2HF3O2/c29-24-20-16-22(27-21(20)8-10-26-24)18-7-9-25-19(15-18)6-5-17-3-1-2-4-23(17)28-11-13-30-14-12-28;3-2(4,5)1(6)7/h1-7,9,15-16,27H,8,10-14H2,(H,26,29);(H,6,7). The fraction of sp³-hybridized carbons (Fsp3) is 0.269. The van der Waals surface area contributed by atoms with Crippen LogP contribution in [0.3, 0.4) is 0 Å². The van der Waals surface area contributed by atoms with E-state index < -0.39 is 12.1 Å². The van der Waals surface area contributed by atoms with Crippen LogP contribution in [0, 0.1) is 0 Å². The van der Waals surface area contributed by atoms with Gasteiger partial charge in [-0.2, -0.15) is 13.2 Å². The Hall–Kier alpha value is -4.12. The summed E-state index contributed by atoms with van der Waals surface area (Å²) in [6, 6.07) is 14.4. The van der Waals surface area contributed by atoms with Gasteiger partial charge in [0.15, 0.2) is 0 Å². The number of halogens is 3. The molecule has 0 bridgehead atoms. The molecule has 11 heteroatoms. The van der Waals surface area contributed by atoms with Crippen LogP contribution >= 0.6 is 0 Å². The number of H-pyrrole nitrogens is 1. The van der Waals surface area contributed by atoms with Gasteiger partial charge in [0.1, 0.15) is 0 Å². The molecular formula is C26H25F3N4O4. The van der Waals surface area contributed by atoms with Gasteiger partial charge >= 0.3 is 12.1 Å². The van der Waals surface area contributed by atoms with Gasteiger partial charge in [-0.05, 0) is 35.9 Å². The van der Waals surface area contributed by atoms with Gasteiger partial charge in [0.25, 0.3) is 5.91 Å². The summed E-state index contributed by atoms with van der Waals surface area (Å²) < 4.78 is 37.2. The summed E-state index contributed by atoms with van der Waals surface area (Å²) >= 11 is 0. The molecule has 0 saturated carbocycles. The highest BCUT2D eigenvalue weighted by atomic mass is 19.4. The first-order chi connectivity index (χ1) is 17.7. The molecule has 0 spiro atoms. The number of anilines is 1. The first kappa shape index (κ1) is 26.0. The third-order valence-electron chi connectivity index (χ3n) is 5.86. The molecule has 0 unspecified atom stereocenters. The second kappa shape index (κ2) is 11.3. The van der Waals surface area contributed by atoms with Crippen molar-refractivity contribution in [1.82, 2.24) is 15.3 Å². The highest BCUT2D eigenvalue weighted by Gasteiger charge is 2.38. The zero-order chi connectivity index (χ0) is 26.4. The van der Waals surface area contributed by atoms with Gasteiger partial charge in [0.2, 0.25) is 0 Å². The van der Waals surface area contributed by atoms with Crippen LogP contribution in [0.2, 0.25) is 0 Å². The average molecular weight is 515 g/mol. The zero-order valence-electron chi connectivity index (χ0n) is 19.7. The van der Waals surface area contributed by atoms with Crippen molar-refractivity contribution in [2.24, 2.45) is 0 Å². The summed E-state index contributed by atoms with van der Waals surface area (Å²) in [6.45, 7) is 4.02. The van der Waals surface area contributed by atoms with Crippen molar-refractivity contribution in [1.29, 1.82) is 0 Å². The molecule has 1 aromatic carbocycles. The maximum atomic E-state index is 12.1. The van der Waals surface area contributed by atoms with Crippen molar-refractivity contribution < 1.29 is 32.6 Å². The summed E-state index contributed by atoms with van der Waals surface area (Å²) in [5.74, 6) is -2.76. The Morgan fingerprint density at radius 1 is 1.11 bits per heavy atom. The number of fused-ring (bicyclic) bond motifs is 1. The number of aromatic amines is 1. The number of amides is 1. The van der Waals surface area contributed by atoms with Crippen molar-refractivity contribution in [3.63, 3.8) is 0 Å². The van der Waals surface area contributed by atoms with E-state index in [4.69, 9.17) is 14.6 Å². The second-order valence-corrected chi connectivity index (χ2v) is 8.35. The van der Waals surface area contributed by atoms with E-state index in [2.05, 4.69) is 50.5 Å². The SMILES string of the molecule is O=C(O)C(F)(F)F.O=C1NCCc2[nH]c(-c3ccnc(C=Cc4ccccc4N4CCOCC4)c3)cc21. The van der Waals surface area contributed by atoms with E-state index >= 15 is 0 Å². The fourth-order valence-corrected chi connectivity index (χ4v) is 4.05.